The van der Waals surface area contributed by atoms with Gasteiger partial charge in [0.25, 0.3) is 0 Å². The summed E-state index contributed by atoms with van der Waals surface area (Å²) in [6.07, 6.45) is 1.95. The van der Waals surface area contributed by atoms with Gasteiger partial charge in [-0.15, -0.1) is 0 Å². The number of rotatable bonds is 5. The maximum absolute atomic E-state index is 11.3. The Morgan fingerprint density at radius 2 is 2.08 bits per heavy atom. The fourth-order valence-electron chi connectivity index (χ4n) is 2.78. The van der Waals surface area contributed by atoms with Gasteiger partial charge < -0.3 is 19.9 Å². The summed E-state index contributed by atoms with van der Waals surface area (Å²) in [6, 6.07) is 9.07. The van der Waals surface area contributed by atoms with E-state index in [4.69, 9.17) is 21.4 Å². The van der Waals surface area contributed by atoms with Crippen molar-refractivity contribution >= 4 is 28.5 Å². The number of halogens is 1. The first-order valence-electron chi connectivity index (χ1n) is 7.37. The lowest BCUT2D eigenvalue weighted by Crippen LogP contribution is -1.96. The molecule has 3 N–H and O–H groups in total. The van der Waals surface area contributed by atoms with E-state index >= 15 is 0 Å². The molecule has 1 heterocycles. The van der Waals surface area contributed by atoms with Gasteiger partial charge in [-0.2, -0.15) is 0 Å². The van der Waals surface area contributed by atoms with Crippen LogP contribution in [0.25, 0.3) is 22.0 Å². The highest BCUT2D eigenvalue weighted by Gasteiger charge is 2.15. The summed E-state index contributed by atoms with van der Waals surface area (Å²) < 4.78 is 5.38. The number of nitrogens with one attached hydrogen (secondary N) is 1. The predicted molar refractivity (Wildman–Crippen MR) is 93.0 cm³/mol. The third-order valence-corrected chi connectivity index (χ3v) is 4.29. The van der Waals surface area contributed by atoms with E-state index in [0.717, 1.165) is 16.7 Å². The van der Waals surface area contributed by atoms with E-state index in [1.807, 2.05) is 18.2 Å². The van der Waals surface area contributed by atoms with Crippen LogP contribution in [0.4, 0.5) is 0 Å². The molecule has 0 spiro atoms. The molecule has 24 heavy (non-hydrogen) atoms. The zero-order valence-electron chi connectivity index (χ0n) is 13.0. The number of ether oxygens (including phenoxy) is 1. The minimum Gasteiger partial charge on any atom is -0.496 e. The summed E-state index contributed by atoms with van der Waals surface area (Å²) >= 11 is 6.37. The van der Waals surface area contributed by atoms with E-state index in [0.29, 0.717) is 28.1 Å². The molecule has 0 aliphatic rings. The predicted octanol–water partition coefficient (Wildman–Crippen LogP) is 3.73. The molecule has 0 saturated carbocycles. The molecule has 0 bridgehead atoms. The average Bonchev–Trinajstić information content (AvgIpc) is 2.97. The SMILES string of the molecule is COc1cc(-c2cc3c(C(=O)O)c[nH]c3cc2Cl)ccc1CCO. The van der Waals surface area contributed by atoms with Gasteiger partial charge in [0.15, 0.2) is 0 Å². The number of methoxy groups -OCH3 is 1. The van der Waals surface area contributed by atoms with Gasteiger partial charge in [-0.3, -0.25) is 0 Å². The summed E-state index contributed by atoms with van der Waals surface area (Å²) in [5.74, 6) is -0.337. The molecule has 5 nitrogen and oxygen atoms in total. The Hall–Kier alpha value is -2.50. The van der Waals surface area contributed by atoms with Crippen LogP contribution in [0.1, 0.15) is 15.9 Å². The van der Waals surface area contributed by atoms with E-state index in [9.17, 15) is 9.90 Å². The number of aromatic amines is 1. The molecule has 0 atom stereocenters. The number of fused-ring (bicyclic) bond motifs is 1. The van der Waals surface area contributed by atoms with Gasteiger partial charge in [0, 0.05) is 29.3 Å². The number of aliphatic hydroxyl groups excluding tert-OH is 1. The molecule has 0 amide bonds. The number of carboxylic acid groups (broad SMARTS) is 1. The molecule has 124 valence electrons. The quantitative estimate of drug-likeness (QED) is 0.658. The lowest BCUT2D eigenvalue weighted by Gasteiger charge is -2.11. The summed E-state index contributed by atoms with van der Waals surface area (Å²) in [7, 11) is 1.57. The summed E-state index contributed by atoms with van der Waals surface area (Å²) in [5, 5.41) is 19.5. The smallest absolute Gasteiger partial charge is 0.337 e. The first-order chi connectivity index (χ1) is 11.5. The minimum atomic E-state index is -0.995. The Morgan fingerprint density at radius 1 is 1.29 bits per heavy atom. The number of carboxylic acids is 1. The molecule has 1 aromatic heterocycles. The molecule has 0 radical (unpaired) electrons. The molecule has 2 aromatic carbocycles. The van der Waals surface area contributed by atoms with Crippen molar-refractivity contribution in [3.63, 3.8) is 0 Å². The van der Waals surface area contributed by atoms with Gasteiger partial charge in [0.05, 0.1) is 17.7 Å². The lowest BCUT2D eigenvalue weighted by molar-refractivity contribution is 0.0699. The number of hydrogen-bond acceptors (Lipinski definition) is 3. The summed E-state index contributed by atoms with van der Waals surface area (Å²) in [4.78, 5) is 14.2. The van der Waals surface area contributed by atoms with E-state index in [2.05, 4.69) is 4.98 Å². The molecular weight excluding hydrogens is 330 g/mol. The van der Waals surface area contributed by atoms with Crippen molar-refractivity contribution < 1.29 is 19.7 Å². The minimum absolute atomic E-state index is 0.0355. The van der Waals surface area contributed by atoms with E-state index in [-0.39, 0.29) is 12.2 Å². The zero-order valence-corrected chi connectivity index (χ0v) is 13.7. The van der Waals surface area contributed by atoms with Crippen LogP contribution in [0.2, 0.25) is 5.02 Å². The number of hydrogen-bond donors (Lipinski definition) is 3. The van der Waals surface area contributed by atoms with Crippen LogP contribution in [0.5, 0.6) is 5.75 Å². The number of benzene rings is 2. The van der Waals surface area contributed by atoms with Gasteiger partial charge in [0.2, 0.25) is 0 Å². The van der Waals surface area contributed by atoms with Gasteiger partial charge in [-0.25, -0.2) is 4.79 Å². The Morgan fingerprint density at radius 3 is 2.75 bits per heavy atom. The van der Waals surface area contributed by atoms with Crippen LogP contribution in [0.15, 0.2) is 36.5 Å². The van der Waals surface area contributed by atoms with Gasteiger partial charge in [-0.1, -0.05) is 23.7 Å². The van der Waals surface area contributed by atoms with E-state index in [1.165, 1.54) is 6.20 Å². The second-order valence-electron chi connectivity index (χ2n) is 5.39. The first-order valence-corrected chi connectivity index (χ1v) is 7.75. The van der Waals surface area contributed by atoms with Crippen LogP contribution >= 0.6 is 11.6 Å². The third kappa shape index (κ3) is 2.84. The number of carbonyl (C=O) groups is 1. The Labute approximate surface area is 143 Å². The number of aliphatic hydroxyl groups is 1. The van der Waals surface area contributed by atoms with Gasteiger partial charge in [0.1, 0.15) is 5.75 Å². The summed E-state index contributed by atoms with van der Waals surface area (Å²) in [5.41, 5.74) is 3.31. The van der Waals surface area contributed by atoms with Crippen molar-refractivity contribution in [1.29, 1.82) is 0 Å². The zero-order chi connectivity index (χ0) is 17.3. The van der Waals surface area contributed by atoms with Crippen molar-refractivity contribution in [2.75, 3.05) is 13.7 Å². The molecule has 0 aliphatic carbocycles. The molecule has 0 unspecified atom stereocenters. The largest absolute Gasteiger partial charge is 0.496 e. The Balaban J connectivity index is 2.16. The fraction of sp³-hybridized carbons (Fsp3) is 0.167. The van der Waals surface area contributed by atoms with Gasteiger partial charge >= 0.3 is 5.97 Å². The topological polar surface area (TPSA) is 82.5 Å². The average molecular weight is 346 g/mol. The van der Waals surface area contributed by atoms with Crippen molar-refractivity contribution in [2.45, 2.75) is 6.42 Å². The first kappa shape index (κ1) is 16.4. The maximum atomic E-state index is 11.3. The highest BCUT2D eigenvalue weighted by Crippen LogP contribution is 2.35. The highest BCUT2D eigenvalue weighted by molar-refractivity contribution is 6.34. The Bertz CT molecular complexity index is 917. The molecular formula is C18H16ClNO4. The van der Waals surface area contributed by atoms with Crippen LogP contribution in [-0.4, -0.2) is 34.9 Å². The van der Waals surface area contributed by atoms with Crippen LogP contribution < -0.4 is 4.74 Å². The summed E-state index contributed by atoms with van der Waals surface area (Å²) in [6.45, 7) is 0.0355. The lowest BCUT2D eigenvalue weighted by atomic mass is 9.99. The molecule has 3 rings (SSSR count). The van der Waals surface area contributed by atoms with Crippen LogP contribution in [0, 0.1) is 0 Å². The van der Waals surface area contributed by atoms with Crippen LogP contribution in [-0.2, 0) is 6.42 Å². The van der Waals surface area contributed by atoms with Crippen LogP contribution in [0.3, 0.4) is 0 Å². The Kier molecular flexibility index (Phi) is 4.46. The van der Waals surface area contributed by atoms with E-state index < -0.39 is 5.97 Å². The monoisotopic (exact) mass is 345 g/mol. The number of aromatic carboxylic acids is 1. The van der Waals surface area contributed by atoms with Crippen molar-refractivity contribution in [3.8, 4) is 16.9 Å². The normalized spacial score (nSPS) is 11.0. The standard InChI is InChI=1S/C18H16ClNO4/c1-24-17-6-11(3-2-10(17)4-5-21)12-7-13-14(18(22)23)9-20-16(13)8-15(12)19/h2-3,6-9,20-21H,4-5H2,1H3,(H,22,23). The maximum Gasteiger partial charge on any atom is 0.337 e. The second-order valence-corrected chi connectivity index (χ2v) is 5.79. The number of aromatic nitrogens is 1. The second kappa shape index (κ2) is 6.55. The molecule has 0 aliphatic heterocycles. The molecule has 0 saturated heterocycles. The van der Waals surface area contributed by atoms with Crippen molar-refractivity contribution in [3.05, 3.63) is 52.7 Å². The molecule has 6 heteroatoms. The fourth-order valence-corrected chi connectivity index (χ4v) is 3.05. The van der Waals surface area contributed by atoms with Crippen molar-refractivity contribution in [1.82, 2.24) is 4.98 Å². The molecule has 0 fully saturated rings. The van der Waals surface area contributed by atoms with E-state index in [1.54, 1.807) is 19.2 Å². The third-order valence-electron chi connectivity index (χ3n) is 3.98. The van der Waals surface area contributed by atoms with Crippen molar-refractivity contribution in [2.24, 2.45) is 0 Å². The number of H-pyrrole nitrogens is 1. The van der Waals surface area contributed by atoms with Gasteiger partial charge in [-0.05, 0) is 35.7 Å². The highest BCUT2D eigenvalue weighted by atomic mass is 35.5. The molecule has 3 aromatic rings.